The van der Waals surface area contributed by atoms with E-state index in [0.29, 0.717) is 24.6 Å². The number of likely N-dealkylation sites (tertiary alicyclic amines) is 1. The molecule has 2 aromatic carbocycles. The van der Waals surface area contributed by atoms with E-state index in [-0.39, 0.29) is 23.8 Å². The number of hydrogen-bond acceptors (Lipinski definition) is 4. The number of halogens is 1. The topological polar surface area (TPSA) is 68.8 Å². The number of piperidine rings is 1. The number of nitrogens with one attached hydrogen (secondary N) is 1. The molecule has 1 atom stereocenters. The van der Waals surface area contributed by atoms with Crippen LogP contribution in [0.1, 0.15) is 55.8 Å². The number of rotatable bonds is 5. The van der Waals surface area contributed by atoms with Gasteiger partial charge in [0.15, 0.2) is 0 Å². The van der Waals surface area contributed by atoms with Crippen LogP contribution in [0.5, 0.6) is 5.75 Å². The molecular weight excluding hydrogens is 469 g/mol. The summed E-state index contributed by atoms with van der Waals surface area (Å²) in [6, 6.07) is 13.0. The van der Waals surface area contributed by atoms with Crippen LogP contribution in [0, 0.1) is 11.7 Å². The molecule has 0 radical (unpaired) electrons. The predicted octanol–water partition coefficient (Wildman–Crippen LogP) is 4.70. The fraction of sp³-hybridized carbons (Fsp3) is 0.500. The van der Waals surface area contributed by atoms with Crippen LogP contribution in [-0.2, 0) is 22.3 Å². The first-order valence-electron chi connectivity index (χ1n) is 13.5. The molecule has 3 aliphatic rings. The van der Waals surface area contributed by atoms with Crippen molar-refractivity contribution in [2.24, 2.45) is 5.92 Å². The summed E-state index contributed by atoms with van der Waals surface area (Å²) in [6.45, 7) is 4.48. The Labute approximate surface area is 217 Å². The lowest BCUT2D eigenvalue weighted by Gasteiger charge is -2.54. The van der Waals surface area contributed by atoms with Crippen molar-refractivity contribution in [2.45, 2.75) is 56.5 Å². The summed E-state index contributed by atoms with van der Waals surface area (Å²) in [5, 5.41) is 11.9. The standard InChI is InChI=1S/C30H36FN3O3/c1-29(19-35)27-26(23-11-10-22(37-2)16-25(23)32-27)30(18-34(29)17-21-6-3-4-9-24(21)31)12-14-33(15-13-30)28(36)20-7-5-8-20/h3-4,6,9-11,16,20,32,35H,5,7-8,12-15,17-19H2,1-2H3. The van der Waals surface area contributed by atoms with Gasteiger partial charge in [0.05, 0.1) is 19.3 Å². The van der Waals surface area contributed by atoms with E-state index in [1.807, 2.05) is 31.2 Å². The number of fused-ring (bicyclic) bond motifs is 4. The number of methoxy groups -OCH3 is 1. The Morgan fingerprint density at radius 2 is 1.95 bits per heavy atom. The lowest BCUT2D eigenvalue weighted by molar-refractivity contribution is -0.140. The number of amides is 1. The summed E-state index contributed by atoms with van der Waals surface area (Å²) in [5.41, 5.74) is 2.90. The minimum absolute atomic E-state index is 0.0964. The Kier molecular flexibility index (Phi) is 6.03. The van der Waals surface area contributed by atoms with Gasteiger partial charge in [-0.3, -0.25) is 9.69 Å². The Morgan fingerprint density at radius 1 is 1.19 bits per heavy atom. The minimum atomic E-state index is -0.714. The van der Waals surface area contributed by atoms with Gasteiger partial charge in [-0.2, -0.15) is 0 Å². The van der Waals surface area contributed by atoms with E-state index in [2.05, 4.69) is 20.9 Å². The van der Waals surface area contributed by atoms with E-state index in [9.17, 15) is 14.3 Å². The van der Waals surface area contributed by atoms with Gasteiger partial charge in [-0.1, -0.05) is 24.6 Å². The Bertz CT molecular complexity index is 1320. The Hall–Kier alpha value is -2.90. The SMILES string of the molecule is COc1ccc2c3c([nH]c2c1)C(C)(CO)N(Cc1ccccc1F)CC31CCN(C(=O)C2CCC2)CC1. The van der Waals surface area contributed by atoms with Gasteiger partial charge >= 0.3 is 0 Å². The second kappa shape index (κ2) is 9.14. The fourth-order valence-corrected chi connectivity index (χ4v) is 6.75. The molecule has 37 heavy (non-hydrogen) atoms. The molecule has 2 N–H and O–H groups in total. The number of nitrogens with zero attached hydrogens (tertiary/aromatic N) is 2. The van der Waals surface area contributed by atoms with Gasteiger partial charge in [-0.05, 0) is 56.4 Å². The van der Waals surface area contributed by atoms with Crippen molar-refractivity contribution >= 4 is 16.8 Å². The molecule has 3 heterocycles. The third kappa shape index (κ3) is 3.86. The van der Waals surface area contributed by atoms with Gasteiger partial charge in [0.25, 0.3) is 0 Å². The van der Waals surface area contributed by atoms with E-state index in [1.165, 1.54) is 11.6 Å². The molecule has 2 fully saturated rings. The number of aromatic nitrogens is 1. The van der Waals surface area contributed by atoms with Gasteiger partial charge in [-0.15, -0.1) is 0 Å². The van der Waals surface area contributed by atoms with E-state index >= 15 is 0 Å². The fourth-order valence-electron chi connectivity index (χ4n) is 6.75. The molecule has 1 spiro atoms. The Morgan fingerprint density at radius 3 is 2.59 bits per heavy atom. The lowest BCUT2D eigenvalue weighted by atomic mass is 9.65. The second-order valence-corrected chi connectivity index (χ2v) is 11.4. The maximum atomic E-state index is 14.8. The molecule has 1 saturated heterocycles. The van der Waals surface area contributed by atoms with Crippen molar-refractivity contribution in [3.8, 4) is 5.75 Å². The monoisotopic (exact) mass is 505 g/mol. The molecular formula is C30H36FN3O3. The first-order valence-corrected chi connectivity index (χ1v) is 13.5. The number of carbonyl (C=O) groups is 1. The highest BCUT2D eigenvalue weighted by Gasteiger charge is 2.52. The van der Waals surface area contributed by atoms with Crippen LogP contribution in [0.2, 0.25) is 0 Å². The molecule has 196 valence electrons. The highest BCUT2D eigenvalue weighted by Crippen LogP contribution is 2.51. The first kappa shape index (κ1) is 24.4. The third-order valence-corrected chi connectivity index (χ3v) is 9.38. The normalized spacial score (nSPS) is 23.7. The molecule has 3 aromatic rings. The molecule has 1 unspecified atom stereocenters. The van der Waals surface area contributed by atoms with Crippen LogP contribution in [0.3, 0.4) is 0 Å². The number of benzene rings is 2. The zero-order valence-corrected chi connectivity index (χ0v) is 21.7. The van der Waals surface area contributed by atoms with Gasteiger partial charge in [0.2, 0.25) is 5.91 Å². The van der Waals surface area contributed by atoms with Crippen molar-refractivity contribution in [1.82, 2.24) is 14.8 Å². The second-order valence-electron chi connectivity index (χ2n) is 11.4. The highest BCUT2D eigenvalue weighted by atomic mass is 19.1. The van der Waals surface area contributed by atoms with Crippen molar-refractivity contribution in [1.29, 1.82) is 0 Å². The van der Waals surface area contributed by atoms with Crippen molar-refractivity contribution in [2.75, 3.05) is 33.4 Å². The van der Waals surface area contributed by atoms with E-state index in [0.717, 1.165) is 67.5 Å². The number of H-pyrrole nitrogens is 1. The van der Waals surface area contributed by atoms with E-state index in [4.69, 9.17) is 4.74 Å². The molecule has 1 aliphatic carbocycles. The average molecular weight is 506 g/mol. The van der Waals surface area contributed by atoms with Crippen molar-refractivity contribution < 1.29 is 19.0 Å². The van der Waals surface area contributed by atoms with Crippen LogP contribution in [0.15, 0.2) is 42.5 Å². The van der Waals surface area contributed by atoms with Crippen LogP contribution in [-0.4, -0.2) is 59.1 Å². The number of aromatic amines is 1. The summed E-state index contributed by atoms with van der Waals surface area (Å²) in [7, 11) is 1.66. The summed E-state index contributed by atoms with van der Waals surface area (Å²) >= 11 is 0. The summed E-state index contributed by atoms with van der Waals surface area (Å²) in [5.74, 6) is 1.05. The zero-order chi connectivity index (χ0) is 25.8. The summed E-state index contributed by atoms with van der Waals surface area (Å²) in [4.78, 5) is 21.0. The molecule has 0 bridgehead atoms. The zero-order valence-electron chi connectivity index (χ0n) is 21.7. The molecule has 1 saturated carbocycles. The van der Waals surface area contributed by atoms with Crippen molar-refractivity contribution in [3.05, 3.63) is 65.1 Å². The van der Waals surface area contributed by atoms with Gasteiger partial charge in [0, 0.05) is 65.7 Å². The smallest absolute Gasteiger partial charge is 0.225 e. The van der Waals surface area contributed by atoms with Gasteiger partial charge in [-0.25, -0.2) is 4.39 Å². The first-order chi connectivity index (χ1) is 17.9. The largest absolute Gasteiger partial charge is 0.497 e. The van der Waals surface area contributed by atoms with Crippen molar-refractivity contribution in [3.63, 3.8) is 0 Å². The average Bonchev–Trinajstić information content (AvgIpc) is 3.28. The summed E-state index contributed by atoms with van der Waals surface area (Å²) in [6.07, 6.45) is 4.86. The Balaban J connectivity index is 1.44. The van der Waals surface area contributed by atoms with Crippen LogP contribution >= 0.6 is 0 Å². The van der Waals surface area contributed by atoms with Crippen LogP contribution in [0.4, 0.5) is 4.39 Å². The molecule has 2 aliphatic heterocycles. The van der Waals surface area contributed by atoms with Gasteiger partial charge < -0.3 is 19.7 Å². The van der Waals surface area contributed by atoms with Gasteiger partial charge in [0.1, 0.15) is 11.6 Å². The molecule has 1 aromatic heterocycles. The molecule has 1 amide bonds. The third-order valence-electron chi connectivity index (χ3n) is 9.38. The minimum Gasteiger partial charge on any atom is -0.497 e. The molecule has 6 nitrogen and oxygen atoms in total. The number of aliphatic hydroxyl groups excluding tert-OH is 1. The maximum Gasteiger partial charge on any atom is 0.225 e. The number of carbonyl (C=O) groups excluding carboxylic acids is 1. The van der Waals surface area contributed by atoms with Crippen LogP contribution in [0.25, 0.3) is 10.9 Å². The number of hydrogen-bond donors (Lipinski definition) is 2. The summed E-state index contributed by atoms with van der Waals surface area (Å²) < 4.78 is 20.3. The molecule has 6 rings (SSSR count). The number of aliphatic hydroxyl groups is 1. The number of ether oxygens (including phenoxy) is 1. The molecule has 7 heteroatoms. The predicted molar refractivity (Wildman–Crippen MR) is 141 cm³/mol. The highest BCUT2D eigenvalue weighted by molar-refractivity contribution is 5.88. The maximum absolute atomic E-state index is 14.8. The van der Waals surface area contributed by atoms with Crippen LogP contribution < -0.4 is 4.74 Å². The van der Waals surface area contributed by atoms with E-state index in [1.54, 1.807) is 13.2 Å². The quantitative estimate of drug-likeness (QED) is 0.528. The lowest BCUT2D eigenvalue weighted by Crippen LogP contribution is -2.60. The van der Waals surface area contributed by atoms with E-state index < -0.39 is 5.54 Å².